The zero-order valence-corrected chi connectivity index (χ0v) is 18.9. The Labute approximate surface area is 187 Å². The van der Waals surface area contributed by atoms with Gasteiger partial charge in [-0.25, -0.2) is 18.1 Å². The topological polar surface area (TPSA) is 107 Å². The number of aromatic nitrogens is 2. The van der Waals surface area contributed by atoms with Gasteiger partial charge in [0.1, 0.15) is 11.5 Å². The van der Waals surface area contributed by atoms with Crippen molar-refractivity contribution < 1.29 is 13.2 Å². The molecule has 1 amide bonds. The van der Waals surface area contributed by atoms with Crippen molar-refractivity contribution in [3.8, 4) is 0 Å². The fourth-order valence-electron chi connectivity index (χ4n) is 4.01. The van der Waals surface area contributed by atoms with Gasteiger partial charge in [-0.2, -0.15) is 0 Å². The zero-order valence-electron chi connectivity index (χ0n) is 18.1. The van der Waals surface area contributed by atoms with Crippen LogP contribution < -0.4 is 10.5 Å². The molecule has 0 unspecified atom stereocenters. The normalized spacial score (nSPS) is 11.6. The van der Waals surface area contributed by atoms with Crippen molar-refractivity contribution >= 4 is 32.7 Å². The smallest absolute Gasteiger partial charge is 0.281 e. The first-order valence-corrected chi connectivity index (χ1v) is 11.6. The molecule has 0 aliphatic heterocycles. The second kappa shape index (κ2) is 8.12. The number of pyridine rings is 1. The van der Waals surface area contributed by atoms with Gasteiger partial charge in [-0.3, -0.25) is 4.79 Å². The van der Waals surface area contributed by atoms with Gasteiger partial charge in [-0.15, -0.1) is 0 Å². The minimum Gasteiger partial charge on any atom is -0.384 e. The molecule has 2 aromatic carbocycles. The number of carbonyl (C=O) groups is 1. The third-order valence-electron chi connectivity index (χ3n) is 5.49. The Hall–Kier alpha value is -3.65. The number of amides is 1. The first-order valence-electron chi connectivity index (χ1n) is 10.1. The van der Waals surface area contributed by atoms with Gasteiger partial charge in [0.2, 0.25) is 0 Å². The predicted molar refractivity (Wildman–Crippen MR) is 125 cm³/mol. The number of nitrogen functional groups attached to an aromatic ring is 1. The van der Waals surface area contributed by atoms with Crippen LogP contribution in [-0.4, -0.2) is 23.9 Å². The molecule has 2 heterocycles. The highest BCUT2D eigenvalue weighted by Gasteiger charge is 2.23. The summed E-state index contributed by atoms with van der Waals surface area (Å²) in [5, 5.41) is 0.852. The molecule has 32 heavy (non-hydrogen) atoms. The number of aryl methyl sites for hydroxylation is 3. The molecule has 0 saturated heterocycles. The summed E-state index contributed by atoms with van der Waals surface area (Å²) in [7, 11) is -4.11. The molecular weight excluding hydrogens is 424 g/mol. The van der Waals surface area contributed by atoms with Gasteiger partial charge in [0.15, 0.2) is 0 Å². The number of hydrogen-bond acceptors (Lipinski definition) is 5. The van der Waals surface area contributed by atoms with E-state index in [4.69, 9.17) is 5.73 Å². The van der Waals surface area contributed by atoms with E-state index in [2.05, 4.69) is 21.8 Å². The number of benzene rings is 2. The summed E-state index contributed by atoms with van der Waals surface area (Å²) in [4.78, 5) is 16.8. The molecule has 0 aliphatic carbocycles. The third-order valence-corrected chi connectivity index (χ3v) is 6.82. The Morgan fingerprint density at radius 3 is 2.41 bits per heavy atom. The lowest BCUT2D eigenvalue weighted by atomic mass is 9.99. The molecular formula is C24H24N4O3S. The van der Waals surface area contributed by atoms with E-state index in [1.165, 1.54) is 23.9 Å². The summed E-state index contributed by atoms with van der Waals surface area (Å²) in [6, 6.07) is 16.0. The van der Waals surface area contributed by atoms with Gasteiger partial charge < -0.3 is 10.3 Å². The lowest BCUT2D eigenvalue weighted by Gasteiger charge is -2.16. The van der Waals surface area contributed by atoms with Crippen LogP contribution in [0.5, 0.6) is 0 Å². The number of fused-ring (bicyclic) bond motifs is 1. The summed E-state index contributed by atoms with van der Waals surface area (Å²) < 4.78 is 29.6. The highest BCUT2D eigenvalue weighted by Crippen LogP contribution is 2.25. The fourth-order valence-corrected chi connectivity index (χ4v) is 5.00. The number of nitrogens with two attached hydrogens (primary N) is 1. The van der Waals surface area contributed by atoms with Crippen molar-refractivity contribution in [3.05, 3.63) is 88.7 Å². The van der Waals surface area contributed by atoms with Gasteiger partial charge in [0.25, 0.3) is 15.9 Å². The molecule has 0 aliphatic rings. The van der Waals surface area contributed by atoms with Crippen LogP contribution in [0.3, 0.4) is 0 Å². The number of rotatable bonds is 5. The summed E-state index contributed by atoms with van der Waals surface area (Å²) >= 11 is 0. The lowest BCUT2D eigenvalue weighted by molar-refractivity contribution is 0.0973. The molecule has 0 fully saturated rings. The van der Waals surface area contributed by atoms with Crippen LogP contribution in [-0.2, 0) is 16.6 Å². The molecule has 4 rings (SSSR count). The summed E-state index contributed by atoms with van der Waals surface area (Å²) in [6.45, 7) is 6.57. The summed E-state index contributed by atoms with van der Waals surface area (Å²) in [6.07, 6.45) is 1.29. The predicted octanol–water partition coefficient (Wildman–Crippen LogP) is 3.71. The van der Waals surface area contributed by atoms with Gasteiger partial charge in [0, 0.05) is 29.7 Å². The molecule has 164 valence electrons. The van der Waals surface area contributed by atoms with Crippen LogP contribution in [0, 0.1) is 20.8 Å². The highest BCUT2D eigenvalue weighted by molar-refractivity contribution is 7.90. The van der Waals surface area contributed by atoms with E-state index in [-0.39, 0.29) is 16.4 Å². The van der Waals surface area contributed by atoms with Crippen molar-refractivity contribution in [2.45, 2.75) is 32.2 Å². The molecule has 0 spiro atoms. The van der Waals surface area contributed by atoms with Crippen molar-refractivity contribution in [1.82, 2.24) is 14.3 Å². The molecule has 0 bridgehead atoms. The Balaban J connectivity index is 1.77. The summed E-state index contributed by atoms with van der Waals surface area (Å²) in [5.41, 5.74) is 11.2. The molecule has 2 aromatic heterocycles. The average molecular weight is 449 g/mol. The van der Waals surface area contributed by atoms with Crippen molar-refractivity contribution in [1.29, 1.82) is 0 Å². The molecule has 3 N–H and O–H groups in total. The SMILES string of the molecule is Cc1cc(C)c(Cn2c(C(=O)NS(=O)(=O)c3ccnc(N)c3)cc3ccccc32)c(C)c1. The second-order valence-corrected chi connectivity index (χ2v) is 9.59. The van der Waals surface area contributed by atoms with Crippen molar-refractivity contribution in [3.63, 3.8) is 0 Å². The number of nitrogens with zero attached hydrogens (tertiary/aromatic N) is 2. The highest BCUT2D eigenvalue weighted by atomic mass is 32.2. The number of sulfonamides is 1. The van der Waals surface area contributed by atoms with Crippen molar-refractivity contribution in [2.75, 3.05) is 5.73 Å². The number of anilines is 1. The molecule has 0 saturated carbocycles. The number of carbonyl (C=O) groups excluding carboxylic acids is 1. The van der Waals surface area contributed by atoms with Crippen LogP contribution in [0.1, 0.15) is 32.7 Å². The van der Waals surface area contributed by atoms with Gasteiger partial charge in [0.05, 0.1) is 4.90 Å². The Bertz CT molecular complexity index is 1430. The molecule has 7 nitrogen and oxygen atoms in total. The molecule has 4 aromatic rings. The second-order valence-electron chi connectivity index (χ2n) is 7.90. The largest absolute Gasteiger partial charge is 0.384 e. The number of nitrogens with one attached hydrogen (secondary N) is 1. The van der Waals surface area contributed by atoms with Crippen LogP contribution >= 0.6 is 0 Å². The quantitative estimate of drug-likeness (QED) is 0.484. The van der Waals surface area contributed by atoms with Crippen molar-refractivity contribution in [2.24, 2.45) is 0 Å². The first kappa shape index (κ1) is 21.6. The van der Waals surface area contributed by atoms with Crippen LogP contribution in [0.15, 0.2) is 65.7 Å². The maximum Gasteiger partial charge on any atom is 0.281 e. The monoisotopic (exact) mass is 448 g/mol. The van der Waals surface area contributed by atoms with E-state index in [0.717, 1.165) is 27.6 Å². The minimum absolute atomic E-state index is 0.0553. The van der Waals surface area contributed by atoms with Crippen LogP contribution in [0.25, 0.3) is 10.9 Å². The Morgan fingerprint density at radius 2 is 1.72 bits per heavy atom. The lowest BCUT2D eigenvalue weighted by Crippen LogP contribution is -2.32. The van der Waals surface area contributed by atoms with Crippen LogP contribution in [0.2, 0.25) is 0 Å². The number of hydrogen-bond donors (Lipinski definition) is 2. The van der Waals surface area contributed by atoms with E-state index in [0.29, 0.717) is 6.54 Å². The minimum atomic E-state index is -4.11. The molecule has 8 heteroatoms. The molecule has 0 radical (unpaired) electrons. The van der Waals surface area contributed by atoms with E-state index in [9.17, 15) is 13.2 Å². The maximum absolute atomic E-state index is 13.2. The summed E-state index contributed by atoms with van der Waals surface area (Å²) in [5.74, 6) is -0.654. The Kier molecular flexibility index (Phi) is 5.48. The maximum atomic E-state index is 13.2. The van der Waals surface area contributed by atoms with E-state index >= 15 is 0 Å². The molecule has 0 atom stereocenters. The fraction of sp³-hybridized carbons (Fsp3) is 0.167. The van der Waals surface area contributed by atoms with E-state index in [1.807, 2.05) is 49.6 Å². The average Bonchev–Trinajstić information content (AvgIpc) is 3.09. The Morgan fingerprint density at radius 1 is 1.03 bits per heavy atom. The third kappa shape index (κ3) is 4.09. The van der Waals surface area contributed by atoms with E-state index < -0.39 is 15.9 Å². The standard InChI is InChI=1S/C24H24N4O3S/c1-15-10-16(2)20(17(3)11-15)14-28-21-7-5-4-6-18(21)12-22(28)24(29)27-32(30,31)19-8-9-26-23(25)13-19/h4-13H,14H2,1-3H3,(H2,25,26)(H,27,29). The first-order chi connectivity index (χ1) is 15.2. The van der Waals surface area contributed by atoms with Crippen LogP contribution in [0.4, 0.5) is 5.82 Å². The van der Waals surface area contributed by atoms with Gasteiger partial charge >= 0.3 is 0 Å². The zero-order chi connectivity index (χ0) is 23.0. The number of para-hydroxylation sites is 1. The van der Waals surface area contributed by atoms with E-state index in [1.54, 1.807) is 6.07 Å². The van der Waals surface area contributed by atoms with Gasteiger partial charge in [-0.1, -0.05) is 35.9 Å². The van der Waals surface area contributed by atoms with Gasteiger partial charge in [-0.05, 0) is 55.7 Å².